The summed E-state index contributed by atoms with van der Waals surface area (Å²) in [5, 5.41) is 18.7. The Balaban J connectivity index is 1.48. The van der Waals surface area contributed by atoms with Gasteiger partial charge in [-0.05, 0) is 60.9 Å². The first-order valence-corrected chi connectivity index (χ1v) is 10.5. The molecule has 0 aliphatic heterocycles. The number of fused-ring (bicyclic) bond motifs is 1. The summed E-state index contributed by atoms with van der Waals surface area (Å²) in [5.41, 5.74) is 5.68. The van der Waals surface area contributed by atoms with Crippen molar-refractivity contribution in [1.82, 2.24) is 9.78 Å². The highest BCUT2D eigenvalue weighted by molar-refractivity contribution is 6.08. The number of aryl methyl sites for hydroxylation is 2. The quantitative estimate of drug-likeness (QED) is 0.459. The van der Waals surface area contributed by atoms with Gasteiger partial charge in [0.05, 0.1) is 18.7 Å². The van der Waals surface area contributed by atoms with Crippen LogP contribution in [0.15, 0.2) is 60.7 Å². The Hall–Kier alpha value is -3.93. The Kier molecular flexibility index (Phi) is 5.77. The van der Waals surface area contributed by atoms with E-state index in [9.17, 15) is 9.59 Å². The number of hydrogen-bond donors (Lipinski definition) is 2. The number of nitrogens with one attached hydrogen (secondary N) is 1. The van der Waals surface area contributed by atoms with Gasteiger partial charge in [0, 0.05) is 22.5 Å². The summed E-state index contributed by atoms with van der Waals surface area (Å²) in [6.45, 7) is 6.21. The first kappa shape index (κ1) is 21.3. The van der Waals surface area contributed by atoms with E-state index in [1.165, 1.54) is 0 Å². The molecule has 3 aromatic carbocycles. The van der Waals surface area contributed by atoms with E-state index < -0.39 is 5.97 Å². The van der Waals surface area contributed by atoms with Crippen LogP contribution in [0.1, 0.15) is 38.4 Å². The molecule has 2 N–H and O–H groups in total. The van der Waals surface area contributed by atoms with E-state index >= 15 is 0 Å². The molecule has 0 unspecified atom stereocenters. The molecule has 1 aromatic heterocycles. The van der Waals surface area contributed by atoms with Crippen LogP contribution in [0.4, 0.5) is 5.69 Å². The molecule has 1 heterocycles. The molecule has 32 heavy (non-hydrogen) atoms. The Morgan fingerprint density at radius 3 is 2.41 bits per heavy atom. The minimum Gasteiger partial charge on any atom is -0.481 e. The molecule has 6 nitrogen and oxygen atoms in total. The van der Waals surface area contributed by atoms with Gasteiger partial charge in [0.1, 0.15) is 0 Å². The lowest BCUT2D eigenvalue weighted by Crippen LogP contribution is -2.13. The van der Waals surface area contributed by atoms with Crippen molar-refractivity contribution in [3.63, 3.8) is 0 Å². The highest BCUT2D eigenvalue weighted by atomic mass is 16.4. The smallest absolute Gasteiger partial charge is 0.307 e. The first-order chi connectivity index (χ1) is 15.3. The van der Waals surface area contributed by atoms with Gasteiger partial charge in [-0.1, -0.05) is 42.5 Å². The predicted octanol–water partition coefficient (Wildman–Crippen LogP) is 4.89. The Morgan fingerprint density at radius 1 is 0.969 bits per heavy atom. The van der Waals surface area contributed by atoms with Crippen molar-refractivity contribution >= 4 is 28.3 Å². The summed E-state index contributed by atoms with van der Waals surface area (Å²) in [6, 6.07) is 19.5. The third kappa shape index (κ3) is 4.25. The Bertz CT molecular complexity index is 1320. The van der Waals surface area contributed by atoms with Gasteiger partial charge in [-0.15, -0.1) is 0 Å². The van der Waals surface area contributed by atoms with E-state index in [2.05, 4.69) is 10.4 Å². The molecule has 0 bridgehead atoms. The number of nitrogens with zero attached hydrogens (tertiary/aromatic N) is 2. The maximum absolute atomic E-state index is 12.9. The summed E-state index contributed by atoms with van der Waals surface area (Å²) >= 11 is 0. The van der Waals surface area contributed by atoms with Crippen molar-refractivity contribution in [2.45, 2.75) is 33.7 Å². The molecule has 0 fully saturated rings. The monoisotopic (exact) mass is 427 g/mol. The number of carbonyl (C=O) groups excluding carboxylic acids is 1. The van der Waals surface area contributed by atoms with Gasteiger partial charge >= 0.3 is 5.97 Å². The number of carboxylic acid groups (broad SMARTS) is 1. The summed E-state index contributed by atoms with van der Waals surface area (Å²) in [7, 11) is 0. The fourth-order valence-corrected chi connectivity index (χ4v) is 4.03. The lowest BCUT2D eigenvalue weighted by molar-refractivity contribution is -0.136. The van der Waals surface area contributed by atoms with Gasteiger partial charge in [-0.25, -0.2) is 0 Å². The van der Waals surface area contributed by atoms with Gasteiger partial charge in [0.15, 0.2) is 0 Å². The maximum atomic E-state index is 12.9. The van der Waals surface area contributed by atoms with Crippen LogP contribution in [0.25, 0.3) is 10.8 Å². The number of anilines is 1. The lowest BCUT2D eigenvalue weighted by Gasteiger charge is -2.11. The fourth-order valence-electron chi connectivity index (χ4n) is 4.03. The van der Waals surface area contributed by atoms with Crippen LogP contribution in [-0.2, 0) is 17.8 Å². The zero-order chi connectivity index (χ0) is 22.8. The van der Waals surface area contributed by atoms with E-state index in [1.807, 2.05) is 86.1 Å². The zero-order valence-electron chi connectivity index (χ0n) is 18.3. The largest absolute Gasteiger partial charge is 0.481 e. The number of rotatable bonds is 6. The third-order valence-electron chi connectivity index (χ3n) is 5.85. The topological polar surface area (TPSA) is 84.2 Å². The van der Waals surface area contributed by atoms with E-state index in [-0.39, 0.29) is 12.3 Å². The standard InChI is InChI=1S/C26H25N3O3/c1-16-22-7-5-4-6-20(22)10-13-23(16)26(32)27-21-11-8-19(9-12-21)15-29-18(3)24(14-25(30)31)17(2)28-29/h4-13H,14-15H2,1-3H3,(H,27,32)(H,30,31). The van der Waals surface area contributed by atoms with Gasteiger partial charge in [-0.2, -0.15) is 5.10 Å². The molecule has 0 atom stereocenters. The Labute approximate surface area is 186 Å². The molecule has 162 valence electrons. The van der Waals surface area contributed by atoms with Gasteiger partial charge in [0.2, 0.25) is 0 Å². The molecule has 6 heteroatoms. The van der Waals surface area contributed by atoms with Crippen molar-refractivity contribution in [3.8, 4) is 0 Å². The third-order valence-corrected chi connectivity index (χ3v) is 5.85. The number of carboxylic acids is 1. The van der Waals surface area contributed by atoms with Crippen molar-refractivity contribution in [3.05, 3.63) is 94.3 Å². The molecule has 0 aliphatic rings. The van der Waals surface area contributed by atoms with E-state index in [4.69, 9.17) is 5.11 Å². The summed E-state index contributed by atoms with van der Waals surface area (Å²) < 4.78 is 1.82. The molecule has 0 aliphatic carbocycles. The molecule has 0 saturated heterocycles. The number of carbonyl (C=O) groups is 2. The van der Waals surface area contributed by atoms with Crippen molar-refractivity contribution < 1.29 is 14.7 Å². The average molecular weight is 428 g/mol. The normalized spacial score (nSPS) is 11.0. The van der Waals surface area contributed by atoms with E-state index in [1.54, 1.807) is 0 Å². The number of benzene rings is 3. The number of aromatic nitrogens is 2. The summed E-state index contributed by atoms with van der Waals surface area (Å²) in [4.78, 5) is 23.9. The molecule has 0 radical (unpaired) electrons. The first-order valence-electron chi connectivity index (χ1n) is 10.5. The lowest BCUT2D eigenvalue weighted by atomic mass is 9.99. The average Bonchev–Trinajstić information content (AvgIpc) is 3.02. The second kappa shape index (κ2) is 8.67. The second-order valence-corrected chi connectivity index (χ2v) is 7.99. The van der Waals surface area contributed by atoms with E-state index in [0.29, 0.717) is 17.8 Å². The van der Waals surface area contributed by atoms with Crippen LogP contribution in [0, 0.1) is 20.8 Å². The van der Waals surface area contributed by atoms with Crippen LogP contribution >= 0.6 is 0 Å². The van der Waals surface area contributed by atoms with E-state index in [0.717, 1.165) is 38.9 Å². The van der Waals surface area contributed by atoms with Crippen LogP contribution in [0.2, 0.25) is 0 Å². The Morgan fingerprint density at radius 2 is 1.69 bits per heavy atom. The van der Waals surface area contributed by atoms with Crippen LogP contribution in [0.5, 0.6) is 0 Å². The molecule has 4 aromatic rings. The number of hydrogen-bond acceptors (Lipinski definition) is 3. The second-order valence-electron chi connectivity index (χ2n) is 7.99. The SMILES string of the molecule is Cc1nn(Cc2ccc(NC(=O)c3ccc4ccccc4c3C)cc2)c(C)c1CC(=O)O. The van der Waals surface area contributed by atoms with Crippen molar-refractivity contribution in [1.29, 1.82) is 0 Å². The molecular formula is C26H25N3O3. The molecular weight excluding hydrogens is 402 g/mol. The van der Waals surface area contributed by atoms with Crippen LogP contribution < -0.4 is 5.32 Å². The summed E-state index contributed by atoms with van der Waals surface area (Å²) in [6.07, 6.45) is -0.0309. The maximum Gasteiger partial charge on any atom is 0.307 e. The highest BCUT2D eigenvalue weighted by Gasteiger charge is 2.15. The van der Waals surface area contributed by atoms with Gasteiger partial charge in [-0.3, -0.25) is 14.3 Å². The van der Waals surface area contributed by atoms with Gasteiger partial charge in [0.25, 0.3) is 5.91 Å². The number of aliphatic carboxylic acids is 1. The van der Waals surface area contributed by atoms with Crippen molar-refractivity contribution in [2.75, 3.05) is 5.32 Å². The molecule has 1 amide bonds. The minimum atomic E-state index is -0.863. The predicted molar refractivity (Wildman–Crippen MR) is 125 cm³/mol. The number of amides is 1. The van der Waals surface area contributed by atoms with Crippen LogP contribution in [-0.4, -0.2) is 26.8 Å². The highest BCUT2D eigenvalue weighted by Crippen LogP contribution is 2.23. The zero-order valence-corrected chi connectivity index (χ0v) is 18.3. The molecule has 4 rings (SSSR count). The molecule has 0 saturated carbocycles. The van der Waals surface area contributed by atoms with Crippen LogP contribution in [0.3, 0.4) is 0 Å². The fraction of sp³-hybridized carbons (Fsp3) is 0.192. The molecule has 0 spiro atoms. The van der Waals surface area contributed by atoms with Crippen molar-refractivity contribution in [2.24, 2.45) is 0 Å². The van der Waals surface area contributed by atoms with Gasteiger partial charge < -0.3 is 10.4 Å². The summed E-state index contributed by atoms with van der Waals surface area (Å²) in [5.74, 6) is -1.00. The minimum absolute atomic E-state index is 0.0309.